The van der Waals surface area contributed by atoms with E-state index in [1.54, 1.807) is 0 Å². The molecule has 3 aliphatic carbocycles. The molecule has 0 unspecified atom stereocenters. The predicted molar refractivity (Wildman–Crippen MR) is 135 cm³/mol. The van der Waals surface area contributed by atoms with E-state index in [2.05, 4.69) is 125 Å². The zero-order valence-electron chi connectivity index (χ0n) is 19.5. The highest BCUT2D eigenvalue weighted by Crippen LogP contribution is 2.57. The summed E-state index contributed by atoms with van der Waals surface area (Å²) in [7, 11) is 8.76. The summed E-state index contributed by atoms with van der Waals surface area (Å²) in [6, 6.07) is 8.98. The zero-order valence-corrected chi connectivity index (χ0v) is 19.5. The van der Waals surface area contributed by atoms with Crippen molar-refractivity contribution in [1.82, 2.24) is 0 Å². The first kappa shape index (κ1) is 19.9. The second kappa shape index (κ2) is 6.75. The summed E-state index contributed by atoms with van der Waals surface area (Å²) in [5.74, 6) is 0. The Kier molecular flexibility index (Phi) is 4.34. The van der Waals surface area contributed by atoms with E-state index >= 15 is 0 Å². The molecule has 0 heterocycles. The lowest BCUT2D eigenvalue weighted by Crippen LogP contribution is -2.31. The molecule has 2 aromatic rings. The number of anilines is 2. The third-order valence-corrected chi connectivity index (χ3v) is 7.17. The minimum absolute atomic E-state index is 0.139. The van der Waals surface area contributed by atoms with Crippen molar-refractivity contribution in [3.05, 3.63) is 95.1 Å². The van der Waals surface area contributed by atoms with Crippen molar-refractivity contribution >= 4 is 11.4 Å². The van der Waals surface area contributed by atoms with Gasteiger partial charge in [0.2, 0.25) is 0 Å². The molecule has 3 aliphatic rings. The zero-order chi connectivity index (χ0) is 22.0. The van der Waals surface area contributed by atoms with Crippen LogP contribution in [0, 0.1) is 0 Å². The molecule has 0 bridgehead atoms. The normalized spacial score (nSPS) is 18.5. The fraction of sp³-hybridized carbons (Fsp3) is 0.310. The maximum Gasteiger partial charge on any atom is 0.0650 e. The van der Waals surface area contributed by atoms with Gasteiger partial charge in [-0.2, -0.15) is 0 Å². The fourth-order valence-corrected chi connectivity index (χ4v) is 5.80. The van der Waals surface area contributed by atoms with Gasteiger partial charge in [-0.15, -0.1) is 0 Å². The first-order valence-corrected chi connectivity index (χ1v) is 11.2. The van der Waals surface area contributed by atoms with Gasteiger partial charge in [-0.1, -0.05) is 72.9 Å². The van der Waals surface area contributed by atoms with Crippen molar-refractivity contribution in [2.75, 3.05) is 38.0 Å². The highest BCUT2D eigenvalue weighted by molar-refractivity contribution is 5.95. The number of rotatable bonds is 4. The Hall–Kier alpha value is -3.00. The third kappa shape index (κ3) is 2.77. The van der Waals surface area contributed by atoms with Crippen LogP contribution in [0.15, 0.2) is 72.9 Å². The molecular weight excluding hydrogens is 376 g/mol. The van der Waals surface area contributed by atoms with Gasteiger partial charge in [0, 0.05) is 45.4 Å². The minimum atomic E-state index is -0.153. The minimum Gasteiger partial charge on any atom is -0.376 e. The van der Waals surface area contributed by atoms with E-state index < -0.39 is 0 Å². The lowest BCUT2D eigenvalue weighted by atomic mass is 9.68. The van der Waals surface area contributed by atoms with Crippen LogP contribution in [0.5, 0.6) is 0 Å². The number of nitrogens with zero attached hydrogens (tertiary/aromatic N) is 2. The lowest BCUT2D eigenvalue weighted by molar-refractivity contribution is 0.694. The molecule has 0 N–H and O–H groups in total. The molecule has 0 aromatic heterocycles. The molecule has 0 atom stereocenters. The van der Waals surface area contributed by atoms with E-state index in [9.17, 15) is 0 Å². The molecule has 0 radical (unpaired) electrons. The van der Waals surface area contributed by atoms with Crippen molar-refractivity contribution in [3.8, 4) is 11.1 Å². The molecule has 0 fully saturated rings. The van der Waals surface area contributed by atoms with Gasteiger partial charge < -0.3 is 9.80 Å². The van der Waals surface area contributed by atoms with Crippen molar-refractivity contribution in [3.63, 3.8) is 0 Å². The van der Waals surface area contributed by atoms with Gasteiger partial charge in [0.15, 0.2) is 0 Å². The van der Waals surface area contributed by atoms with E-state index in [0.29, 0.717) is 0 Å². The van der Waals surface area contributed by atoms with Crippen LogP contribution in [-0.4, -0.2) is 28.2 Å². The maximum absolute atomic E-state index is 2.37. The summed E-state index contributed by atoms with van der Waals surface area (Å²) in [6.45, 7) is 4.73. The van der Waals surface area contributed by atoms with Crippen LogP contribution >= 0.6 is 0 Å². The topological polar surface area (TPSA) is 6.48 Å². The first-order chi connectivity index (χ1) is 14.8. The number of hydrogen-bond acceptors (Lipinski definition) is 2. The number of benzene rings is 2. The monoisotopic (exact) mass is 408 g/mol. The molecular formula is C29H32N2. The van der Waals surface area contributed by atoms with Crippen LogP contribution in [0.25, 0.3) is 11.1 Å². The summed E-state index contributed by atoms with van der Waals surface area (Å²) < 4.78 is 0. The smallest absolute Gasteiger partial charge is 0.0650 e. The highest BCUT2D eigenvalue weighted by atomic mass is 15.1. The summed E-state index contributed by atoms with van der Waals surface area (Å²) in [6.07, 6.45) is 19.2. The van der Waals surface area contributed by atoms with Crippen LogP contribution in [0.4, 0.5) is 11.4 Å². The average molecular weight is 409 g/mol. The van der Waals surface area contributed by atoms with Crippen molar-refractivity contribution < 1.29 is 0 Å². The average Bonchev–Trinajstić information content (AvgIpc) is 3.45. The van der Waals surface area contributed by atoms with Crippen molar-refractivity contribution in [2.45, 2.75) is 31.1 Å². The second-order valence-electron chi connectivity index (χ2n) is 9.93. The van der Waals surface area contributed by atoms with E-state index in [1.807, 2.05) is 0 Å². The van der Waals surface area contributed by atoms with Gasteiger partial charge in [0.25, 0.3) is 0 Å². The maximum atomic E-state index is 2.37. The van der Waals surface area contributed by atoms with Crippen LogP contribution in [-0.2, 0) is 17.3 Å². The number of allylic oxidation sites excluding steroid dienone is 8. The Morgan fingerprint density at radius 3 is 1.74 bits per heavy atom. The van der Waals surface area contributed by atoms with E-state index in [-0.39, 0.29) is 10.8 Å². The predicted octanol–water partition coefficient (Wildman–Crippen LogP) is 6.16. The Morgan fingerprint density at radius 2 is 1.19 bits per heavy atom. The second-order valence-corrected chi connectivity index (χ2v) is 9.93. The Bertz CT molecular complexity index is 1160. The molecule has 0 saturated heterocycles. The van der Waals surface area contributed by atoms with Gasteiger partial charge in [0.1, 0.15) is 0 Å². The Morgan fingerprint density at radius 1 is 0.677 bits per heavy atom. The van der Waals surface area contributed by atoms with E-state index in [0.717, 1.165) is 6.42 Å². The molecule has 5 rings (SSSR count). The molecule has 0 saturated carbocycles. The quantitative estimate of drug-likeness (QED) is 0.510. The lowest BCUT2D eigenvalue weighted by Gasteiger charge is -2.39. The molecule has 0 spiro atoms. The van der Waals surface area contributed by atoms with Crippen molar-refractivity contribution in [2.24, 2.45) is 0 Å². The molecule has 0 amide bonds. The SMILES string of the molecule is CN(C)c1c2c(c(C3(C)C=CC=C3)c(C3(C)C=CC=C3)c1N(C)C)-c1ccccc1C2. The largest absolute Gasteiger partial charge is 0.376 e. The van der Waals surface area contributed by atoms with Crippen molar-refractivity contribution in [1.29, 1.82) is 0 Å². The standard InChI is InChI=1S/C29H32N2/c1-28(15-9-10-16-28)24-23-21-14-8-7-13-20(21)19-22(23)26(30(3)4)27(31(5)6)25(24)29(2)17-11-12-18-29/h7-18H,19H2,1-6H3. The fourth-order valence-electron chi connectivity index (χ4n) is 5.80. The number of hydrogen-bond donors (Lipinski definition) is 0. The molecule has 158 valence electrons. The van der Waals surface area contributed by atoms with Gasteiger partial charge in [-0.3, -0.25) is 0 Å². The third-order valence-electron chi connectivity index (χ3n) is 7.17. The summed E-state index contributed by atoms with van der Waals surface area (Å²) in [4.78, 5) is 4.65. The van der Waals surface area contributed by atoms with Gasteiger partial charge in [-0.05, 0) is 47.2 Å². The summed E-state index contributed by atoms with van der Waals surface area (Å²) >= 11 is 0. The molecule has 2 heteroatoms. The Labute approximate surface area is 186 Å². The van der Waals surface area contributed by atoms with E-state index in [1.165, 1.54) is 44.8 Å². The van der Waals surface area contributed by atoms with Crippen LogP contribution in [0.2, 0.25) is 0 Å². The Balaban J connectivity index is 2.02. The van der Waals surface area contributed by atoms with Gasteiger partial charge in [0.05, 0.1) is 11.4 Å². The highest BCUT2D eigenvalue weighted by Gasteiger charge is 2.42. The molecule has 0 aliphatic heterocycles. The number of fused-ring (bicyclic) bond motifs is 3. The first-order valence-electron chi connectivity index (χ1n) is 11.2. The van der Waals surface area contributed by atoms with Crippen LogP contribution in [0.1, 0.15) is 36.1 Å². The summed E-state index contributed by atoms with van der Waals surface area (Å²) in [5.41, 5.74) is 11.0. The van der Waals surface area contributed by atoms with Gasteiger partial charge >= 0.3 is 0 Å². The van der Waals surface area contributed by atoms with Crippen LogP contribution < -0.4 is 9.80 Å². The molecule has 31 heavy (non-hydrogen) atoms. The van der Waals surface area contributed by atoms with E-state index in [4.69, 9.17) is 0 Å². The van der Waals surface area contributed by atoms with Crippen LogP contribution in [0.3, 0.4) is 0 Å². The molecule has 2 nitrogen and oxygen atoms in total. The molecule has 2 aromatic carbocycles. The van der Waals surface area contributed by atoms with Gasteiger partial charge in [-0.25, -0.2) is 0 Å². The summed E-state index contributed by atoms with van der Waals surface area (Å²) in [5, 5.41) is 0.